The highest BCUT2D eigenvalue weighted by Crippen LogP contribution is 2.22. The van der Waals surface area contributed by atoms with Gasteiger partial charge in [0.2, 0.25) is 0 Å². The van der Waals surface area contributed by atoms with Crippen LogP contribution >= 0.6 is 33.8 Å². The summed E-state index contributed by atoms with van der Waals surface area (Å²) in [5.41, 5.74) is 0. The first-order valence-corrected chi connectivity index (χ1v) is 7.00. The van der Waals surface area contributed by atoms with Crippen LogP contribution in [-0.4, -0.2) is 11.7 Å². The Balaban J connectivity index is 3.54. The first kappa shape index (κ1) is 8.09. The summed E-state index contributed by atoms with van der Waals surface area (Å²) in [6, 6.07) is 0. The van der Waals surface area contributed by atoms with Crippen LogP contribution in [0, 0.1) is 0 Å². The minimum atomic E-state index is -2.02. The van der Waals surface area contributed by atoms with Gasteiger partial charge in [0.25, 0.3) is 6.69 Å². The highest BCUT2D eigenvalue weighted by molar-refractivity contribution is 7.46. The molecule has 0 aliphatic rings. The molecule has 0 aliphatic carbocycles. The summed E-state index contributed by atoms with van der Waals surface area (Å²) in [5.74, 6) is 0. The maximum Gasteiger partial charge on any atom is 0.265 e. The number of rotatable bonds is 1. The van der Waals surface area contributed by atoms with Crippen LogP contribution in [0.3, 0.4) is 0 Å². The van der Waals surface area contributed by atoms with Crippen molar-refractivity contribution in [3.8, 4) is 0 Å². The zero-order chi connectivity index (χ0) is 6.08. The van der Waals surface area contributed by atoms with Crippen LogP contribution in [-0.2, 0) is 0 Å². The molecular formula is C3H7Cl3Si. The van der Waals surface area contributed by atoms with Crippen LogP contribution in [0.4, 0.5) is 0 Å². The highest BCUT2D eigenvalue weighted by Gasteiger charge is 2.27. The Morgan fingerprint density at radius 1 is 1.43 bits per heavy atom. The van der Waals surface area contributed by atoms with E-state index in [9.17, 15) is 0 Å². The number of hydrogen-bond donors (Lipinski definition) is 0. The third-order valence-electron chi connectivity index (χ3n) is 0.698. The molecule has 0 amide bonds. The van der Waals surface area contributed by atoms with E-state index >= 15 is 0 Å². The van der Waals surface area contributed by atoms with E-state index in [2.05, 4.69) is 0 Å². The third kappa shape index (κ3) is 3.65. The van der Waals surface area contributed by atoms with Crippen LogP contribution in [0.25, 0.3) is 0 Å². The fourth-order valence-corrected chi connectivity index (χ4v) is 0. The summed E-state index contributed by atoms with van der Waals surface area (Å²) >= 11 is 16.8. The van der Waals surface area contributed by atoms with E-state index in [0.717, 1.165) is 0 Å². The molecule has 0 bridgehead atoms. The average molecular weight is 178 g/mol. The summed E-state index contributed by atoms with van der Waals surface area (Å²) in [7, 11) is 0. The largest absolute Gasteiger partial charge is 0.265 e. The van der Waals surface area contributed by atoms with Gasteiger partial charge in [0, 0.05) is 0 Å². The second-order valence-electron chi connectivity index (χ2n) is 1.57. The Bertz CT molecular complexity index is 55.7. The van der Waals surface area contributed by atoms with E-state index < -0.39 is 6.69 Å². The van der Waals surface area contributed by atoms with Crippen molar-refractivity contribution in [2.45, 2.75) is 18.5 Å². The Kier molecular flexibility index (Phi) is 2.98. The topological polar surface area (TPSA) is 0 Å². The van der Waals surface area contributed by atoms with Crippen LogP contribution < -0.4 is 0 Å². The first-order valence-electron chi connectivity index (χ1n) is 1.96. The molecule has 0 heterocycles. The molecule has 1 unspecified atom stereocenters. The molecule has 0 saturated heterocycles. The van der Waals surface area contributed by atoms with E-state index in [1.165, 1.54) is 0 Å². The third-order valence-corrected chi connectivity index (χ3v) is 6.04. The molecule has 0 saturated carbocycles. The smallest absolute Gasteiger partial charge is 0.145 e. The standard InChI is InChI=1S/C3H7Cl3Si/c1-3(4)7(2,5)6/h3H,1-2H3. The van der Waals surface area contributed by atoms with Gasteiger partial charge in [-0.2, -0.15) is 0 Å². The van der Waals surface area contributed by atoms with Crippen molar-refractivity contribution in [2.24, 2.45) is 0 Å². The Labute approximate surface area is 59.2 Å². The number of alkyl halides is 1. The Hall–Kier alpha value is 1.09. The van der Waals surface area contributed by atoms with Crippen molar-refractivity contribution >= 4 is 40.5 Å². The maximum absolute atomic E-state index is 5.64. The summed E-state index contributed by atoms with van der Waals surface area (Å²) < 4.78 is 0. The molecule has 0 aromatic heterocycles. The molecule has 4 heteroatoms. The van der Waals surface area contributed by atoms with Crippen molar-refractivity contribution in [1.82, 2.24) is 0 Å². The zero-order valence-corrected chi connectivity index (χ0v) is 7.48. The second kappa shape index (κ2) is 2.58. The van der Waals surface area contributed by atoms with E-state index in [1.807, 2.05) is 6.92 Å². The zero-order valence-electron chi connectivity index (χ0n) is 4.21. The minimum absolute atomic E-state index is 0.0594. The monoisotopic (exact) mass is 176 g/mol. The summed E-state index contributed by atoms with van der Waals surface area (Å²) in [4.78, 5) is 0. The van der Waals surface area contributed by atoms with Crippen LogP contribution in [0.15, 0.2) is 0 Å². The van der Waals surface area contributed by atoms with E-state index in [1.54, 1.807) is 6.55 Å². The fraction of sp³-hybridized carbons (Fsp3) is 1.00. The van der Waals surface area contributed by atoms with Crippen molar-refractivity contribution in [3.63, 3.8) is 0 Å². The Morgan fingerprint density at radius 2 is 1.57 bits per heavy atom. The first-order chi connectivity index (χ1) is 2.94. The molecule has 0 nitrogen and oxygen atoms in total. The van der Waals surface area contributed by atoms with Gasteiger partial charge in [-0.3, -0.25) is 0 Å². The molecule has 0 N–H and O–H groups in total. The van der Waals surface area contributed by atoms with Crippen molar-refractivity contribution in [1.29, 1.82) is 0 Å². The molecule has 0 spiro atoms. The van der Waals surface area contributed by atoms with Gasteiger partial charge in [-0.1, -0.05) is 0 Å². The van der Waals surface area contributed by atoms with Gasteiger partial charge < -0.3 is 0 Å². The van der Waals surface area contributed by atoms with Crippen molar-refractivity contribution < 1.29 is 0 Å². The molecule has 0 rings (SSSR count). The molecule has 0 aromatic rings. The lowest BCUT2D eigenvalue weighted by Crippen LogP contribution is -2.25. The van der Waals surface area contributed by atoms with Gasteiger partial charge in [0.1, 0.15) is 0 Å². The predicted octanol–water partition coefficient (Wildman–Crippen LogP) is 2.70. The quantitative estimate of drug-likeness (QED) is 0.328. The highest BCUT2D eigenvalue weighted by atomic mass is 35.7. The van der Waals surface area contributed by atoms with Crippen molar-refractivity contribution in [2.75, 3.05) is 0 Å². The van der Waals surface area contributed by atoms with Gasteiger partial charge in [-0.15, -0.1) is 33.8 Å². The van der Waals surface area contributed by atoms with Gasteiger partial charge in [0.05, 0.1) is 5.00 Å². The van der Waals surface area contributed by atoms with Gasteiger partial charge in [-0.05, 0) is 13.5 Å². The molecule has 1 atom stereocenters. The normalized spacial score (nSPS) is 16.7. The second-order valence-corrected chi connectivity index (χ2v) is 10.7. The maximum atomic E-state index is 5.64. The summed E-state index contributed by atoms with van der Waals surface area (Å²) in [6.45, 7) is 1.59. The van der Waals surface area contributed by atoms with Gasteiger partial charge in [-0.25, -0.2) is 0 Å². The van der Waals surface area contributed by atoms with Crippen LogP contribution in [0.2, 0.25) is 6.55 Å². The van der Waals surface area contributed by atoms with Crippen LogP contribution in [0.5, 0.6) is 0 Å². The summed E-state index contributed by atoms with van der Waals surface area (Å²) in [6.07, 6.45) is 0. The minimum Gasteiger partial charge on any atom is -0.145 e. The number of hydrogen-bond acceptors (Lipinski definition) is 0. The van der Waals surface area contributed by atoms with Crippen LogP contribution in [0.1, 0.15) is 6.92 Å². The van der Waals surface area contributed by atoms with Gasteiger partial charge in [0.15, 0.2) is 0 Å². The lowest BCUT2D eigenvalue weighted by atomic mass is 11.0. The lowest BCUT2D eigenvalue weighted by molar-refractivity contribution is 1.34. The fourth-order valence-electron chi connectivity index (χ4n) is 0. The van der Waals surface area contributed by atoms with Crippen molar-refractivity contribution in [3.05, 3.63) is 0 Å². The van der Waals surface area contributed by atoms with Gasteiger partial charge >= 0.3 is 0 Å². The molecule has 44 valence electrons. The molecule has 0 aliphatic heterocycles. The Morgan fingerprint density at radius 3 is 1.57 bits per heavy atom. The molecule has 0 radical (unpaired) electrons. The van der Waals surface area contributed by atoms with E-state index in [-0.39, 0.29) is 5.00 Å². The summed E-state index contributed by atoms with van der Waals surface area (Å²) in [5, 5.41) is -0.0594. The molecule has 0 fully saturated rings. The predicted molar refractivity (Wildman–Crippen MR) is 38.6 cm³/mol. The molecule has 7 heavy (non-hydrogen) atoms. The number of halogens is 3. The van der Waals surface area contributed by atoms with E-state index in [0.29, 0.717) is 0 Å². The lowest BCUT2D eigenvalue weighted by Gasteiger charge is -2.10. The average Bonchev–Trinajstić information content (AvgIpc) is 1.31. The molecule has 0 aromatic carbocycles. The SMILES string of the molecule is CC(Cl)[Si](C)(Cl)Cl. The van der Waals surface area contributed by atoms with E-state index in [4.69, 9.17) is 33.8 Å². The molecular weight excluding hydrogens is 170 g/mol.